The van der Waals surface area contributed by atoms with Crippen LogP contribution in [0.1, 0.15) is 130 Å². The predicted octanol–water partition coefficient (Wildman–Crippen LogP) is -2.83. The van der Waals surface area contributed by atoms with Crippen LogP contribution in [-0.2, 0) is 38.4 Å². The van der Waals surface area contributed by atoms with E-state index < -0.39 is 171 Å². The molecule has 3 heterocycles. The van der Waals surface area contributed by atoms with E-state index in [4.69, 9.17) is 0 Å². The molecule has 0 aliphatic carbocycles. The van der Waals surface area contributed by atoms with Crippen LogP contribution in [-0.4, -0.2) is 202 Å². The lowest BCUT2D eigenvalue weighted by atomic mass is 9.91. The summed E-state index contributed by atoms with van der Waals surface area (Å²) in [5.41, 5.74) is -0.0804. The van der Waals surface area contributed by atoms with Gasteiger partial charge in [0.1, 0.15) is 54.3 Å². The summed E-state index contributed by atoms with van der Waals surface area (Å²) in [6.45, 7) is 7.00. The maximum absolute atomic E-state index is 14.5. The molecule has 0 spiro atoms. The lowest BCUT2D eigenvalue weighted by molar-refractivity contribution is -0.146. The van der Waals surface area contributed by atoms with Crippen molar-refractivity contribution in [3.8, 4) is 5.75 Å². The van der Waals surface area contributed by atoms with Crippen molar-refractivity contribution < 1.29 is 84.3 Å². The van der Waals surface area contributed by atoms with E-state index in [9.17, 15) is 84.3 Å². The summed E-state index contributed by atoms with van der Waals surface area (Å²) in [6.07, 6.45) is -8.40. The smallest absolute Gasteiger partial charge is 0.248 e. The van der Waals surface area contributed by atoms with E-state index in [1.807, 2.05) is 0 Å². The van der Waals surface area contributed by atoms with Gasteiger partial charge in [-0.05, 0) is 55.7 Å². The molecule has 1 aromatic carbocycles. The van der Waals surface area contributed by atoms with Gasteiger partial charge in [0.15, 0.2) is 6.23 Å². The third-order valence-electron chi connectivity index (χ3n) is 14.7. The minimum absolute atomic E-state index is 0.0615. The summed E-state index contributed by atoms with van der Waals surface area (Å²) in [5.74, 6) is -8.77. The molecule has 4 rings (SSSR count). The van der Waals surface area contributed by atoms with Gasteiger partial charge in [0.2, 0.25) is 47.3 Å². The molecule has 8 amide bonds. The lowest BCUT2D eigenvalue weighted by Crippen LogP contribution is -2.64. The fourth-order valence-corrected chi connectivity index (χ4v) is 9.96. The highest BCUT2D eigenvalue weighted by atomic mass is 16.3. The highest BCUT2D eigenvalue weighted by Crippen LogP contribution is 2.26. The number of unbranched alkanes of at least 4 members (excludes halogenated alkanes) is 5. The SMILES string of the molecule is CCC(C)CC(C)CCCCCCCCC(=O)NC1C[C@@H](O)[C@@H](O)NC(=O)C2CN(C[C@@H]2O)C(=O)[C@H]([C@H](O)CCNC(C)=O)NC(=O)[C@H]([C@H](O)[C@@H](O)c2ccc(O)cc2)NC(=O)C2C[C@@H](O)CN2C(=O)[C@H]([C@@H](C)O)NC1=O. The number of fused-ring (bicyclic) bond motifs is 3. The monoisotopic (exact) mass is 1090 g/mol. The molecule has 15 N–H and O–H groups in total. The van der Waals surface area contributed by atoms with Crippen LogP contribution in [0.25, 0.3) is 0 Å². The Balaban J connectivity index is 1.67. The number of carbonyl (C=O) groups excluding carboxylic acids is 8. The molecule has 3 fully saturated rings. The number of hydrogen-bond acceptors (Lipinski definition) is 17. The molecule has 3 aliphatic heterocycles. The van der Waals surface area contributed by atoms with Crippen LogP contribution < -0.4 is 31.9 Å². The minimum Gasteiger partial charge on any atom is -0.508 e. The average Bonchev–Trinajstić information content (AvgIpc) is 3.98. The Bertz CT molecular complexity index is 2140. The number of phenolic OH excluding ortho intramolecular Hbond substituents is 1. The predicted molar refractivity (Wildman–Crippen MR) is 275 cm³/mol. The van der Waals surface area contributed by atoms with Crippen LogP contribution in [0.5, 0.6) is 5.75 Å². The summed E-state index contributed by atoms with van der Waals surface area (Å²) in [6, 6.07) is -4.95. The molecule has 25 nitrogen and oxygen atoms in total. The minimum atomic E-state index is -2.31. The van der Waals surface area contributed by atoms with Crippen LogP contribution in [0, 0.1) is 17.8 Å². The molecule has 16 atom stereocenters. The number of nitrogens with zero attached hydrogens (tertiary/aromatic N) is 2. The molecule has 2 bridgehead atoms. The van der Waals surface area contributed by atoms with Gasteiger partial charge < -0.3 is 87.7 Å². The molecule has 3 aliphatic rings. The normalized spacial score (nSPS) is 28.5. The van der Waals surface area contributed by atoms with Gasteiger partial charge in [-0.3, -0.25) is 38.4 Å². The number of aliphatic hydroxyl groups is 8. The number of aliphatic hydroxyl groups excluding tert-OH is 8. The second-order valence-electron chi connectivity index (χ2n) is 21.3. The highest BCUT2D eigenvalue weighted by molar-refractivity contribution is 5.97. The Morgan fingerprint density at radius 2 is 1.31 bits per heavy atom. The quantitative estimate of drug-likeness (QED) is 0.0552. The number of amides is 8. The lowest BCUT2D eigenvalue weighted by Gasteiger charge is -2.34. The van der Waals surface area contributed by atoms with Crippen LogP contribution in [0.15, 0.2) is 24.3 Å². The van der Waals surface area contributed by atoms with Crippen molar-refractivity contribution in [2.45, 2.75) is 197 Å². The zero-order valence-corrected chi connectivity index (χ0v) is 44.8. The number of aromatic hydroxyl groups is 1. The number of hydrogen-bond donors (Lipinski definition) is 15. The zero-order chi connectivity index (χ0) is 57.3. The van der Waals surface area contributed by atoms with Crippen LogP contribution in [0.4, 0.5) is 0 Å². The van der Waals surface area contributed by atoms with Crippen molar-refractivity contribution in [2.75, 3.05) is 26.2 Å². The Hall–Kier alpha value is -5.54. The van der Waals surface area contributed by atoms with Gasteiger partial charge in [-0.25, -0.2) is 0 Å². The number of carbonyl (C=O) groups is 8. The van der Waals surface area contributed by atoms with Crippen LogP contribution in [0.3, 0.4) is 0 Å². The molecule has 0 saturated carbocycles. The van der Waals surface area contributed by atoms with E-state index in [2.05, 4.69) is 52.7 Å². The summed E-state index contributed by atoms with van der Waals surface area (Å²) < 4.78 is 0. The van der Waals surface area contributed by atoms with E-state index in [0.29, 0.717) is 24.7 Å². The van der Waals surface area contributed by atoms with Gasteiger partial charge in [0.05, 0.1) is 30.3 Å². The van der Waals surface area contributed by atoms with Gasteiger partial charge in [-0.2, -0.15) is 0 Å². The Kier molecular flexibility index (Phi) is 25.4. The molecule has 0 aromatic heterocycles. The van der Waals surface area contributed by atoms with Gasteiger partial charge in [-0.15, -0.1) is 0 Å². The molecular weight excluding hydrogens is 1010 g/mol. The number of nitrogens with one attached hydrogen (secondary N) is 6. The molecular formula is C52H84N8O17. The average molecular weight is 1090 g/mol. The Morgan fingerprint density at radius 1 is 0.688 bits per heavy atom. The van der Waals surface area contributed by atoms with Crippen LogP contribution >= 0.6 is 0 Å². The number of rotatable bonds is 21. The van der Waals surface area contributed by atoms with Crippen molar-refractivity contribution in [3.05, 3.63) is 29.8 Å². The molecule has 434 valence electrons. The third kappa shape index (κ3) is 19.1. The maximum Gasteiger partial charge on any atom is 0.248 e. The maximum atomic E-state index is 14.5. The Labute approximate surface area is 448 Å². The standard InChI is InChI=1S/C52H84N8O17/c1-6-27(2)21-28(3)13-11-9-7-8-10-12-14-40(68)54-35-23-38(66)49(74)58-46(71)34-25-59(26-39(34)67)51(76)42(37(65)19-20-53-30(5)62)56-50(75)43(45(70)44(69)31-15-17-32(63)18-16-31)57-48(73)36-22-33(64)24-60(36)52(77)41(29(4)61)55-47(35)72/h15-18,27-29,33-39,41-45,49,61,63-67,69-70,74H,6-14,19-26H2,1-5H3,(H,53,62)(H,54,68)(H,55,72)(H,56,75)(H,57,73)(H,58,71)/t27?,28?,29-,33-,34?,35?,36?,37-,38-,39+,41+,42+,43+,44+,45+,49-/m1/s1. The second-order valence-corrected chi connectivity index (χ2v) is 21.3. The topological polar surface area (TPSA) is 397 Å². The van der Waals surface area contributed by atoms with Gasteiger partial charge in [0.25, 0.3) is 0 Å². The van der Waals surface area contributed by atoms with E-state index >= 15 is 0 Å². The van der Waals surface area contributed by atoms with E-state index in [0.717, 1.165) is 67.4 Å². The van der Waals surface area contributed by atoms with Crippen molar-refractivity contribution >= 4 is 47.3 Å². The summed E-state index contributed by atoms with van der Waals surface area (Å²) in [7, 11) is 0. The van der Waals surface area contributed by atoms with Crippen molar-refractivity contribution in [2.24, 2.45) is 17.8 Å². The van der Waals surface area contributed by atoms with Crippen LogP contribution in [0.2, 0.25) is 0 Å². The first kappa shape index (κ1) is 64.0. The largest absolute Gasteiger partial charge is 0.508 e. The first-order chi connectivity index (χ1) is 36.3. The highest BCUT2D eigenvalue weighted by Gasteiger charge is 2.48. The van der Waals surface area contributed by atoms with E-state index in [1.54, 1.807) is 0 Å². The molecule has 1 aromatic rings. The Morgan fingerprint density at radius 3 is 1.95 bits per heavy atom. The fraction of sp³-hybridized carbons (Fsp3) is 0.731. The van der Waals surface area contributed by atoms with Gasteiger partial charge in [0, 0.05) is 52.4 Å². The van der Waals surface area contributed by atoms with Gasteiger partial charge in [-0.1, -0.05) is 77.8 Å². The number of benzene rings is 1. The molecule has 25 heteroatoms. The second kappa shape index (κ2) is 30.6. The van der Waals surface area contributed by atoms with Crippen molar-refractivity contribution in [1.82, 2.24) is 41.7 Å². The third-order valence-corrected chi connectivity index (χ3v) is 14.7. The van der Waals surface area contributed by atoms with Gasteiger partial charge >= 0.3 is 0 Å². The summed E-state index contributed by atoms with van der Waals surface area (Å²) in [5, 5.41) is 114. The fourth-order valence-electron chi connectivity index (χ4n) is 9.96. The van der Waals surface area contributed by atoms with E-state index in [1.165, 1.54) is 25.5 Å². The number of phenols is 1. The first-order valence-corrected chi connectivity index (χ1v) is 26.9. The van der Waals surface area contributed by atoms with Crippen molar-refractivity contribution in [3.63, 3.8) is 0 Å². The zero-order valence-electron chi connectivity index (χ0n) is 44.8. The molecule has 5 unspecified atom stereocenters. The first-order valence-electron chi connectivity index (χ1n) is 26.9. The van der Waals surface area contributed by atoms with E-state index in [-0.39, 0.29) is 24.3 Å². The molecule has 3 saturated heterocycles. The van der Waals surface area contributed by atoms with Crippen molar-refractivity contribution in [1.29, 1.82) is 0 Å². The molecule has 77 heavy (non-hydrogen) atoms. The summed E-state index contributed by atoms with van der Waals surface area (Å²) >= 11 is 0. The summed E-state index contributed by atoms with van der Waals surface area (Å²) in [4.78, 5) is 112. The molecule has 0 radical (unpaired) electrons.